The van der Waals surface area contributed by atoms with Crippen molar-refractivity contribution in [2.24, 2.45) is 0 Å². The lowest BCUT2D eigenvalue weighted by atomic mass is 10.2. The lowest BCUT2D eigenvalue weighted by molar-refractivity contribution is -0.384. The Balaban J connectivity index is 1.76. The molecular formula is C15H9Cl2N3O4S. The number of nitrogens with zero attached hydrogens (tertiary/aromatic N) is 3. The first-order chi connectivity index (χ1) is 11.9. The summed E-state index contributed by atoms with van der Waals surface area (Å²) in [6.45, 7) is 0. The molecule has 0 spiro atoms. The quantitative estimate of drug-likeness (QED) is 0.369. The van der Waals surface area contributed by atoms with Crippen LogP contribution in [0.4, 0.5) is 5.69 Å². The molecule has 0 saturated carbocycles. The smallest absolute Gasteiger partial charge is 0.277 e. The molecule has 0 bridgehead atoms. The summed E-state index contributed by atoms with van der Waals surface area (Å²) in [5, 5.41) is 29.4. The number of aromatic nitrogens is 2. The van der Waals surface area contributed by atoms with Crippen LogP contribution < -0.4 is 0 Å². The van der Waals surface area contributed by atoms with Crippen LogP contribution in [0.2, 0.25) is 10.0 Å². The van der Waals surface area contributed by atoms with E-state index in [-0.39, 0.29) is 28.1 Å². The van der Waals surface area contributed by atoms with Crippen LogP contribution in [0.25, 0.3) is 11.5 Å². The number of aromatic hydroxyl groups is 1. The van der Waals surface area contributed by atoms with Crippen LogP contribution in [0.5, 0.6) is 5.75 Å². The highest BCUT2D eigenvalue weighted by atomic mass is 35.5. The molecule has 0 radical (unpaired) electrons. The molecule has 1 aromatic heterocycles. The summed E-state index contributed by atoms with van der Waals surface area (Å²) in [7, 11) is 0. The molecule has 0 unspecified atom stereocenters. The summed E-state index contributed by atoms with van der Waals surface area (Å²) in [6.07, 6.45) is 0. The van der Waals surface area contributed by atoms with Gasteiger partial charge in [-0.3, -0.25) is 10.1 Å². The summed E-state index contributed by atoms with van der Waals surface area (Å²) in [5.41, 5.74) is 0.922. The number of halogens is 2. The summed E-state index contributed by atoms with van der Waals surface area (Å²) >= 11 is 13.1. The maximum Gasteiger partial charge on any atom is 0.277 e. The molecule has 0 saturated heterocycles. The lowest BCUT2D eigenvalue weighted by Crippen LogP contribution is -1.88. The van der Waals surface area contributed by atoms with Gasteiger partial charge in [0.15, 0.2) is 0 Å². The van der Waals surface area contributed by atoms with Crippen molar-refractivity contribution in [1.82, 2.24) is 10.2 Å². The molecule has 0 amide bonds. The Labute approximate surface area is 155 Å². The number of nitro groups is 1. The largest absolute Gasteiger partial charge is 0.508 e. The van der Waals surface area contributed by atoms with Crippen LogP contribution in [0.15, 0.2) is 46.0 Å². The second-order valence-electron chi connectivity index (χ2n) is 4.91. The first-order valence-electron chi connectivity index (χ1n) is 6.81. The van der Waals surface area contributed by atoms with Crippen molar-refractivity contribution in [2.45, 2.75) is 11.0 Å². The molecule has 25 heavy (non-hydrogen) atoms. The third-order valence-corrected chi connectivity index (χ3v) is 4.74. The molecule has 0 aliphatic carbocycles. The van der Waals surface area contributed by atoms with E-state index in [4.69, 9.17) is 27.6 Å². The van der Waals surface area contributed by atoms with Crippen LogP contribution in [0, 0.1) is 10.1 Å². The fourth-order valence-electron chi connectivity index (χ4n) is 1.98. The number of nitro benzene ring substituents is 1. The predicted octanol–water partition coefficient (Wildman–Crippen LogP) is 4.95. The molecular weight excluding hydrogens is 389 g/mol. The predicted molar refractivity (Wildman–Crippen MR) is 94.1 cm³/mol. The molecule has 1 N–H and O–H groups in total. The van der Waals surface area contributed by atoms with Crippen molar-refractivity contribution in [3.05, 3.63) is 62.1 Å². The molecule has 0 fully saturated rings. The van der Waals surface area contributed by atoms with Crippen LogP contribution >= 0.6 is 35.0 Å². The Bertz CT molecular complexity index is 948. The third kappa shape index (κ3) is 4.22. The number of non-ortho nitro benzene ring substituents is 1. The fraction of sp³-hybridized carbons (Fsp3) is 0.0667. The zero-order valence-corrected chi connectivity index (χ0v) is 14.7. The number of benzene rings is 2. The number of phenolic OH excluding ortho intramolecular Hbond substituents is 1. The van der Waals surface area contributed by atoms with Crippen LogP contribution in [0.1, 0.15) is 5.56 Å². The standard InChI is InChI=1S/C15H9Cl2N3O4S/c16-12-2-1-8(3-13(12)17)7-25-15-19-18-14(24-15)9-4-10(20(22)23)6-11(21)5-9/h1-6,21H,7H2. The normalized spacial score (nSPS) is 10.8. The van der Waals surface area contributed by atoms with Crippen molar-refractivity contribution >= 4 is 40.7 Å². The first-order valence-corrected chi connectivity index (χ1v) is 8.55. The Hall–Kier alpha value is -2.29. The summed E-state index contributed by atoms with van der Waals surface area (Å²) in [4.78, 5) is 10.2. The summed E-state index contributed by atoms with van der Waals surface area (Å²) in [5.74, 6) is 0.349. The zero-order chi connectivity index (χ0) is 18.0. The topological polar surface area (TPSA) is 102 Å². The fourth-order valence-corrected chi connectivity index (χ4v) is 3.01. The minimum absolute atomic E-state index is 0.0793. The van der Waals surface area contributed by atoms with Gasteiger partial charge in [-0.2, -0.15) is 0 Å². The van der Waals surface area contributed by atoms with E-state index < -0.39 is 4.92 Å². The first kappa shape index (κ1) is 17.5. The molecule has 2 aromatic carbocycles. The molecule has 3 rings (SSSR count). The lowest BCUT2D eigenvalue weighted by Gasteiger charge is -2.01. The van der Waals surface area contributed by atoms with Gasteiger partial charge < -0.3 is 9.52 Å². The van der Waals surface area contributed by atoms with E-state index in [9.17, 15) is 15.2 Å². The van der Waals surface area contributed by atoms with Gasteiger partial charge in [0.2, 0.25) is 5.89 Å². The minimum atomic E-state index is -0.612. The number of hydrogen-bond donors (Lipinski definition) is 1. The Morgan fingerprint density at radius 2 is 1.96 bits per heavy atom. The minimum Gasteiger partial charge on any atom is -0.508 e. The van der Waals surface area contributed by atoms with E-state index in [1.165, 1.54) is 23.9 Å². The van der Waals surface area contributed by atoms with Gasteiger partial charge in [0.05, 0.1) is 21.0 Å². The van der Waals surface area contributed by atoms with Gasteiger partial charge in [-0.25, -0.2) is 0 Å². The molecule has 1 heterocycles. The molecule has 0 atom stereocenters. The maximum atomic E-state index is 10.9. The van der Waals surface area contributed by atoms with Crippen LogP contribution in [-0.2, 0) is 5.75 Å². The number of hydrogen-bond acceptors (Lipinski definition) is 7. The highest BCUT2D eigenvalue weighted by Crippen LogP contribution is 2.31. The monoisotopic (exact) mass is 397 g/mol. The van der Waals surface area contributed by atoms with E-state index in [1.807, 2.05) is 6.07 Å². The highest BCUT2D eigenvalue weighted by molar-refractivity contribution is 7.98. The Morgan fingerprint density at radius 1 is 1.16 bits per heavy atom. The van der Waals surface area contributed by atoms with Crippen LogP contribution in [-0.4, -0.2) is 20.2 Å². The summed E-state index contributed by atoms with van der Waals surface area (Å²) < 4.78 is 5.48. The van der Waals surface area contributed by atoms with Gasteiger partial charge >= 0.3 is 0 Å². The van der Waals surface area contributed by atoms with E-state index in [2.05, 4.69) is 10.2 Å². The van der Waals surface area contributed by atoms with E-state index in [0.717, 1.165) is 11.6 Å². The van der Waals surface area contributed by atoms with E-state index in [0.29, 0.717) is 15.8 Å². The zero-order valence-electron chi connectivity index (χ0n) is 12.3. The second kappa shape index (κ2) is 7.30. The average molecular weight is 398 g/mol. The van der Waals surface area contributed by atoms with E-state index >= 15 is 0 Å². The van der Waals surface area contributed by atoms with Gasteiger partial charge in [0.25, 0.3) is 10.9 Å². The van der Waals surface area contributed by atoms with Crippen molar-refractivity contribution in [3.63, 3.8) is 0 Å². The highest BCUT2D eigenvalue weighted by Gasteiger charge is 2.15. The van der Waals surface area contributed by atoms with E-state index in [1.54, 1.807) is 12.1 Å². The summed E-state index contributed by atoms with van der Waals surface area (Å²) in [6, 6.07) is 8.88. The van der Waals surface area contributed by atoms with Gasteiger partial charge in [-0.1, -0.05) is 41.0 Å². The average Bonchev–Trinajstić information content (AvgIpc) is 3.04. The van der Waals surface area contributed by atoms with Gasteiger partial charge in [0.1, 0.15) is 5.75 Å². The van der Waals surface area contributed by atoms with Gasteiger partial charge in [-0.15, -0.1) is 10.2 Å². The molecule has 0 aliphatic heterocycles. The third-order valence-electron chi connectivity index (χ3n) is 3.11. The molecule has 3 aromatic rings. The number of thioether (sulfide) groups is 1. The van der Waals surface area contributed by atoms with Crippen molar-refractivity contribution in [2.75, 3.05) is 0 Å². The van der Waals surface area contributed by atoms with Gasteiger partial charge in [0, 0.05) is 17.4 Å². The molecule has 128 valence electrons. The number of phenols is 1. The molecule has 0 aliphatic rings. The SMILES string of the molecule is O=[N+]([O-])c1cc(O)cc(-c2nnc(SCc3ccc(Cl)c(Cl)c3)o2)c1. The van der Waals surface area contributed by atoms with Crippen molar-refractivity contribution in [1.29, 1.82) is 0 Å². The Morgan fingerprint density at radius 3 is 2.68 bits per heavy atom. The van der Waals surface area contributed by atoms with Crippen molar-refractivity contribution < 1.29 is 14.4 Å². The van der Waals surface area contributed by atoms with Gasteiger partial charge in [-0.05, 0) is 23.8 Å². The van der Waals surface area contributed by atoms with Crippen LogP contribution in [0.3, 0.4) is 0 Å². The molecule has 7 nitrogen and oxygen atoms in total. The maximum absolute atomic E-state index is 10.9. The molecule has 10 heteroatoms. The van der Waals surface area contributed by atoms with Crippen molar-refractivity contribution in [3.8, 4) is 17.2 Å². The Kier molecular flexibility index (Phi) is 5.12. The second-order valence-corrected chi connectivity index (χ2v) is 6.65. The number of rotatable bonds is 5.